The van der Waals surface area contributed by atoms with Crippen molar-refractivity contribution in [3.63, 3.8) is 0 Å². The van der Waals surface area contributed by atoms with E-state index in [1.165, 1.54) is 12.3 Å². The van der Waals surface area contributed by atoms with Gasteiger partial charge in [0.15, 0.2) is 5.65 Å². The first-order chi connectivity index (χ1) is 11.4. The van der Waals surface area contributed by atoms with Crippen molar-refractivity contribution in [3.8, 4) is 0 Å². The first-order valence-electron chi connectivity index (χ1n) is 7.52. The maximum absolute atomic E-state index is 13.1. The number of fused-ring (bicyclic) bond motifs is 1. The summed E-state index contributed by atoms with van der Waals surface area (Å²) in [4.78, 5) is 5.55. The zero-order valence-electron chi connectivity index (χ0n) is 12.8. The van der Waals surface area contributed by atoms with Crippen LogP contribution >= 0.6 is 0 Å². The second-order valence-corrected chi connectivity index (χ2v) is 5.97. The molecule has 124 valence electrons. The van der Waals surface area contributed by atoms with Crippen LogP contribution in [0.3, 0.4) is 0 Å². The number of pyridine rings is 2. The quantitative estimate of drug-likeness (QED) is 0.723. The van der Waals surface area contributed by atoms with Crippen molar-refractivity contribution in [2.45, 2.75) is 19.0 Å². The van der Waals surface area contributed by atoms with Crippen LogP contribution in [0.1, 0.15) is 22.9 Å². The van der Waals surface area contributed by atoms with Crippen molar-refractivity contribution in [2.24, 2.45) is 0 Å². The third-order valence-electron chi connectivity index (χ3n) is 4.21. The topological polar surface area (TPSA) is 46.3 Å². The Labute approximate surface area is 135 Å². The van der Waals surface area contributed by atoms with Gasteiger partial charge in [-0.2, -0.15) is 13.2 Å². The number of aryl methyl sites for hydroxylation is 1. The molecule has 5 nitrogen and oxygen atoms in total. The van der Waals surface area contributed by atoms with E-state index in [-0.39, 0.29) is 11.7 Å². The van der Waals surface area contributed by atoms with E-state index in [4.69, 9.17) is 0 Å². The second kappa shape index (κ2) is 5.19. The van der Waals surface area contributed by atoms with Crippen LogP contribution in [0, 0.1) is 6.92 Å². The Kier molecular flexibility index (Phi) is 3.22. The fraction of sp³-hybridized carbons (Fsp3) is 0.312. The lowest BCUT2D eigenvalue weighted by atomic mass is 9.98. The van der Waals surface area contributed by atoms with Crippen LogP contribution in [0.4, 0.5) is 19.0 Å². The summed E-state index contributed by atoms with van der Waals surface area (Å²) in [7, 11) is 0. The van der Waals surface area contributed by atoms with Gasteiger partial charge in [0, 0.05) is 25.5 Å². The first kappa shape index (κ1) is 14.9. The molecule has 0 aromatic carbocycles. The minimum Gasteiger partial charge on any atom is -0.355 e. The van der Waals surface area contributed by atoms with Gasteiger partial charge >= 0.3 is 6.18 Å². The van der Waals surface area contributed by atoms with Gasteiger partial charge in [-0.15, -0.1) is 10.2 Å². The Morgan fingerprint density at radius 2 is 1.92 bits per heavy atom. The number of hydrogen-bond donors (Lipinski definition) is 0. The molecule has 4 heterocycles. The molecule has 0 aliphatic carbocycles. The molecule has 0 bridgehead atoms. The van der Waals surface area contributed by atoms with Crippen molar-refractivity contribution in [1.29, 1.82) is 0 Å². The van der Waals surface area contributed by atoms with Gasteiger partial charge < -0.3 is 4.90 Å². The van der Waals surface area contributed by atoms with Gasteiger partial charge in [0.25, 0.3) is 0 Å². The normalized spacial score (nSPS) is 15.8. The van der Waals surface area contributed by atoms with E-state index in [1.54, 1.807) is 4.90 Å². The van der Waals surface area contributed by atoms with E-state index in [2.05, 4.69) is 15.2 Å². The minimum absolute atomic E-state index is 0.0220. The van der Waals surface area contributed by atoms with E-state index in [0.29, 0.717) is 13.1 Å². The van der Waals surface area contributed by atoms with Gasteiger partial charge in [0.1, 0.15) is 11.6 Å². The molecular weight excluding hydrogens is 319 g/mol. The molecule has 0 saturated carbocycles. The third-order valence-corrected chi connectivity index (χ3v) is 4.21. The number of aromatic nitrogens is 4. The van der Waals surface area contributed by atoms with E-state index in [0.717, 1.165) is 23.1 Å². The largest absolute Gasteiger partial charge is 0.419 e. The Bertz CT molecular complexity index is 896. The lowest BCUT2D eigenvalue weighted by Gasteiger charge is -2.40. The van der Waals surface area contributed by atoms with Crippen LogP contribution < -0.4 is 4.90 Å². The van der Waals surface area contributed by atoms with Crippen LogP contribution in [0.25, 0.3) is 5.65 Å². The summed E-state index contributed by atoms with van der Waals surface area (Å²) < 4.78 is 41.2. The molecule has 1 saturated heterocycles. The summed E-state index contributed by atoms with van der Waals surface area (Å²) in [6, 6.07) is 6.19. The fourth-order valence-electron chi connectivity index (χ4n) is 2.98. The van der Waals surface area contributed by atoms with Crippen LogP contribution in [-0.4, -0.2) is 32.7 Å². The highest BCUT2D eigenvalue weighted by Crippen LogP contribution is 2.39. The van der Waals surface area contributed by atoms with Crippen LogP contribution in [0.5, 0.6) is 0 Å². The molecule has 8 heteroatoms. The summed E-state index contributed by atoms with van der Waals surface area (Å²) in [5.74, 6) is 0.783. The monoisotopic (exact) mass is 333 g/mol. The lowest BCUT2D eigenvalue weighted by molar-refractivity contribution is -0.137. The summed E-state index contributed by atoms with van der Waals surface area (Å²) >= 11 is 0. The fourth-order valence-corrected chi connectivity index (χ4v) is 2.98. The maximum atomic E-state index is 13.1. The lowest BCUT2D eigenvalue weighted by Crippen LogP contribution is -2.47. The Balaban J connectivity index is 1.60. The third kappa shape index (κ3) is 2.38. The molecule has 4 rings (SSSR count). The SMILES string of the molecule is Cc1ccc2nnc(C3CN(c4ncccc4C(F)(F)F)C3)n2c1. The van der Waals surface area contributed by atoms with Gasteiger partial charge in [-0.05, 0) is 30.7 Å². The number of alkyl halides is 3. The zero-order chi connectivity index (χ0) is 16.9. The average Bonchev–Trinajstić information content (AvgIpc) is 2.88. The van der Waals surface area contributed by atoms with Crippen LogP contribution in [0.15, 0.2) is 36.7 Å². The van der Waals surface area contributed by atoms with Gasteiger partial charge in [-0.3, -0.25) is 4.40 Å². The molecule has 24 heavy (non-hydrogen) atoms. The van der Waals surface area contributed by atoms with Crippen molar-refractivity contribution in [2.75, 3.05) is 18.0 Å². The summed E-state index contributed by atoms with van der Waals surface area (Å²) in [6.45, 7) is 2.85. The molecule has 0 radical (unpaired) electrons. The van der Waals surface area contributed by atoms with Gasteiger partial charge in [0.2, 0.25) is 0 Å². The van der Waals surface area contributed by atoms with E-state index >= 15 is 0 Å². The molecular formula is C16H14F3N5. The summed E-state index contributed by atoms with van der Waals surface area (Å²) in [5, 5.41) is 8.32. The highest BCUT2D eigenvalue weighted by Gasteiger charge is 2.40. The standard InChI is InChI=1S/C16H14F3N5/c1-10-4-5-13-21-22-14(24(13)7-10)11-8-23(9-11)15-12(16(17,18)19)3-2-6-20-15/h2-7,11H,8-9H2,1H3. The summed E-state index contributed by atoms with van der Waals surface area (Å²) in [5.41, 5.74) is 1.11. The van der Waals surface area contributed by atoms with Crippen LogP contribution in [-0.2, 0) is 6.18 Å². The smallest absolute Gasteiger partial charge is 0.355 e. The van der Waals surface area contributed by atoms with Gasteiger partial charge in [-0.25, -0.2) is 4.98 Å². The molecule has 1 fully saturated rings. The molecule has 3 aromatic rings. The van der Waals surface area contributed by atoms with Crippen LogP contribution in [0.2, 0.25) is 0 Å². The van der Waals surface area contributed by atoms with E-state index in [9.17, 15) is 13.2 Å². The molecule has 0 N–H and O–H groups in total. The number of hydrogen-bond acceptors (Lipinski definition) is 4. The van der Waals surface area contributed by atoms with Crippen molar-refractivity contribution in [3.05, 3.63) is 53.6 Å². The molecule has 0 amide bonds. The molecule has 1 aliphatic rings. The minimum atomic E-state index is -4.41. The predicted octanol–water partition coefficient (Wildman–Crippen LogP) is 3.06. The number of nitrogens with zero attached hydrogens (tertiary/aromatic N) is 5. The number of rotatable bonds is 2. The number of halogens is 3. The van der Waals surface area contributed by atoms with Gasteiger partial charge in [0.05, 0.1) is 11.5 Å². The maximum Gasteiger partial charge on any atom is 0.419 e. The predicted molar refractivity (Wildman–Crippen MR) is 81.9 cm³/mol. The van der Waals surface area contributed by atoms with E-state index < -0.39 is 11.7 Å². The Hall–Kier alpha value is -2.64. The summed E-state index contributed by atoms with van der Waals surface area (Å²) in [6.07, 6.45) is -1.09. The molecule has 3 aromatic heterocycles. The van der Waals surface area contributed by atoms with Crippen molar-refractivity contribution >= 4 is 11.5 Å². The Morgan fingerprint density at radius 1 is 1.12 bits per heavy atom. The zero-order valence-corrected chi connectivity index (χ0v) is 12.8. The van der Waals surface area contributed by atoms with E-state index in [1.807, 2.05) is 29.7 Å². The highest BCUT2D eigenvalue weighted by molar-refractivity contribution is 5.52. The molecule has 1 aliphatic heterocycles. The van der Waals surface area contributed by atoms with Crippen molar-refractivity contribution < 1.29 is 13.2 Å². The first-order valence-corrected chi connectivity index (χ1v) is 7.52. The second-order valence-electron chi connectivity index (χ2n) is 5.97. The Morgan fingerprint density at radius 3 is 2.67 bits per heavy atom. The van der Waals surface area contributed by atoms with Crippen molar-refractivity contribution in [1.82, 2.24) is 19.6 Å². The van der Waals surface area contributed by atoms with Gasteiger partial charge in [-0.1, -0.05) is 6.07 Å². The average molecular weight is 333 g/mol. The molecule has 0 atom stereocenters. The molecule has 0 unspecified atom stereocenters. The molecule has 0 spiro atoms. The number of anilines is 1. The highest BCUT2D eigenvalue weighted by atomic mass is 19.4.